The zero-order chi connectivity index (χ0) is 27.2. The number of carbonyl (C=O) groups excluding carboxylic acids is 2. The maximum absolute atomic E-state index is 14.0. The summed E-state index contributed by atoms with van der Waals surface area (Å²) in [7, 11) is 3.92. The van der Waals surface area contributed by atoms with Gasteiger partial charge in [0, 0.05) is 32.0 Å². The van der Waals surface area contributed by atoms with Crippen LogP contribution in [0.25, 0.3) is 0 Å². The molecule has 7 heteroatoms. The molecule has 1 aliphatic heterocycles. The van der Waals surface area contributed by atoms with Gasteiger partial charge in [0.1, 0.15) is 6.04 Å². The molecule has 0 spiro atoms. The van der Waals surface area contributed by atoms with Gasteiger partial charge >= 0.3 is 0 Å². The number of nitrogens with zero attached hydrogens (tertiary/aromatic N) is 2. The van der Waals surface area contributed by atoms with E-state index in [1.165, 1.54) is 0 Å². The van der Waals surface area contributed by atoms with Gasteiger partial charge in [-0.2, -0.15) is 0 Å². The molecule has 1 heterocycles. The fourth-order valence-electron chi connectivity index (χ4n) is 4.59. The standard InChI is InChI=1S/C32H31N3O4/c1-34(2)27-16-14-26(15-17-27)33-32(37)31(25-13-18-28-29(20-25)39-22-38-28)35(21-24-11-7-4-8-12-24)30(36)19-23-9-5-3-6-10-23/h3-18,20,31H,19,21-22H2,1-2H3,(H,33,37). The number of anilines is 2. The SMILES string of the molecule is CN(C)c1ccc(NC(=O)C(c2ccc3c(c2)OCO3)N(Cc2ccccc2)C(=O)Cc2ccccc2)cc1. The van der Waals surface area contributed by atoms with Gasteiger partial charge in [-0.25, -0.2) is 0 Å². The molecule has 4 aromatic carbocycles. The van der Waals surface area contributed by atoms with E-state index >= 15 is 0 Å². The van der Waals surface area contributed by atoms with E-state index in [1.54, 1.807) is 17.0 Å². The summed E-state index contributed by atoms with van der Waals surface area (Å²) in [4.78, 5) is 31.6. The first kappa shape index (κ1) is 25.9. The maximum atomic E-state index is 14.0. The van der Waals surface area contributed by atoms with Crippen molar-refractivity contribution < 1.29 is 19.1 Å². The second-order valence-corrected chi connectivity index (χ2v) is 9.62. The average Bonchev–Trinajstić information content (AvgIpc) is 3.42. The van der Waals surface area contributed by atoms with Crippen LogP contribution in [0.15, 0.2) is 103 Å². The molecule has 198 valence electrons. The molecular formula is C32H31N3O4. The summed E-state index contributed by atoms with van der Waals surface area (Å²) < 4.78 is 11.1. The fraction of sp³-hybridized carbons (Fsp3) is 0.188. The summed E-state index contributed by atoms with van der Waals surface area (Å²) in [5, 5.41) is 3.04. The van der Waals surface area contributed by atoms with Crippen LogP contribution in [-0.4, -0.2) is 37.6 Å². The molecule has 1 unspecified atom stereocenters. The molecule has 1 aliphatic rings. The lowest BCUT2D eigenvalue weighted by atomic mass is 10.0. The molecule has 0 saturated heterocycles. The average molecular weight is 522 g/mol. The number of hydrogen-bond donors (Lipinski definition) is 1. The minimum absolute atomic E-state index is 0.120. The zero-order valence-corrected chi connectivity index (χ0v) is 22.0. The number of benzene rings is 4. The molecule has 0 aromatic heterocycles. The number of hydrogen-bond acceptors (Lipinski definition) is 5. The van der Waals surface area contributed by atoms with E-state index in [4.69, 9.17) is 9.47 Å². The molecule has 0 radical (unpaired) electrons. The lowest BCUT2D eigenvalue weighted by molar-refractivity contribution is -0.139. The van der Waals surface area contributed by atoms with Crippen LogP contribution in [0.2, 0.25) is 0 Å². The van der Waals surface area contributed by atoms with Crippen molar-refractivity contribution in [1.29, 1.82) is 0 Å². The Kier molecular flexibility index (Phi) is 7.78. The van der Waals surface area contributed by atoms with Crippen LogP contribution >= 0.6 is 0 Å². The summed E-state index contributed by atoms with van der Waals surface area (Å²) in [5.74, 6) is 0.688. The van der Waals surface area contributed by atoms with E-state index in [0.717, 1.165) is 16.8 Å². The fourth-order valence-corrected chi connectivity index (χ4v) is 4.59. The predicted molar refractivity (Wildman–Crippen MR) is 152 cm³/mol. The Morgan fingerprint density at radius 1 is 0.795 bits per heavy atom. The molecule has 4 aromatic rings. The van der Waals surface area contributed by atoms with Crippen molar-refractivity contribution >= 4 is 23.2 Å². The lowest BCUT2D eigenvalue weighted by Crippen LogP contribution is -2.41. The van der Waals surface area contributed by atoms with Crippen LogP contribution in [0.3, 0.4) is 0 Å². The highest BCUT2D eigenvalue weighted by atomic mass is 16.7. The van der Waals surface area contributed by atoms with Crippen molar-refractivity contribution in [2.24, 2.45) is 0 Å². The predicted octanol–water partition coefficient (Wildman–Crippen LogP) is 5.43. The number of nitrogens with one attached hydrogen (secondary N) is 1. The van der Waals surface area contributed by atoms with Gasteiger partial charge in [-0.1, -0.05) is 66.7 Å². The molecular weight excluding hydrogens is 490 g/mol. The van der Waals surface area contributed by atoms with E-state index in [2.05, 4.69) is 5.32 Å². The Balaban J connectivity index is 1.53. The molecule has 7 nitrogen and oxygen atoms in total. The minimum atomic E-state index is -0.913. The Bertz CT molecular complexity index is 1420. The van der Waals surface area contributed by atoms with Crippen LogP contribution in [0.5, 0.6) is 11.5 Å². The van der Waals surface area contributed by atoms with Gasteiger partial charge in [-0.15, -0.1) is 0 Å². The molecule has 5 rings (SSSR count). The molecule has 1 N–H and O–H groups in total. The first-order valence-corrected chi connectivity index (χ1v) is 12.8. The number of ether oxygens (including phenoxy) is 2. The third kappa shape index (κ3) is 6.21. The Morgan fingerprint density at radius 3 is 2.10 bits per heavy atom. The smallest absolute Gasteiger partial charge is 0.251 e. The van der Waals surface area contributed by atoms with Crippen molar-refractivity contribution in [1.82, 2.24) is 4.90 Å². The van der Waals surface area contributed by atoms with Crippen LogP contribution in [0.4, 0.5) is 11.4 Å². The number of carbonyl (C=O) groups is 2. The Morgan fingerprint density at radius 2 is 1.44 bits per heavy atom. The third-order valence-electron chi connectivity index (χ3n) is 6.64. The van der Waals surface area contributed by atoms with Gasteiger partial charge in [0.05, 0.1) is 6.42 Å². The van der Waals surface area contributed by atoms with E-state index in [0.29, 0.717) is 22.7 Å². The first-order valence-electron chi connectivity index (χ1n) is 12.8. The summed E-state index contributed by atoms with van der Waals surface area (Å²) in [5.41, 5.74) is 4.10. The molecule has 0 fully saturated rings. The maximum Gasteiger partial charge on any atom is 0.251 e. The van der Waals surface area contributed by atoms with Crippen LogP contribution in [-0.2, 0) is 22.6 Å². The molecule has 0 saturated carbocycles. The number of fused-ring (bicyclic) bond motifs is 1. The van der Waals surface area contributed by atoms with E-state index in [-0.39, 0.29) is 31.6 Å². The summed E-state index contributed by atoms with van der Waals surface area (Å²) in [6.07, 6.45) is 0.166. The van der Waals surface area contributed by atoms with Crippen LogP contribution < -0.4 is 19.7 Å². The Hall–Kier alpha value is -4.78. The number of amides is 2. The Labute approximate surface area is 228 Å². The van der Waals surface area contributed by atoms with Gasteiger partial charge < -0.3 is 24.6 Å². The zero-order valence-electron chi connectivity index (χ0n) is 22.0. The monoisotopic (exact) mass is 521 g/mol. The van der Waals surface area contributed by atoms with E-state index in [9.17, 15) is 9.59 Å². The van der Waals surface area contributed by atoms with Gasteiger partial charge in [-0.3, -0.25) is 9.59 Å². The summed E-state index contributed by atoms with van der Waals surface area (Å²) in [6, 6.07) is 31.3. The normalized spacial score (nSPS) is 12.5. The largest absolute Gasteiger partial charge is 0.454 e. The van der Waals surface area contributed by atoms with Crippen molar-refractivity contribution in [3.05, 3.63) is 120 Å². The van der Waals surface area contributed by atoms with E-state index in [1.807, 2.05) is 110 Å². The lowest BCUT2D eigenvalue weighted by Gasteiger charge is -2.32. The molecule has 0 bridgehead atoms. The second kappa shape index (κ2) is 11.7. The minimum Gasteiger partial charge on any atom is -0.454 e. The quantitative estimate of drug-likeness (QED) is 0.318. The van der Waals surface area contributed by atoms with Crippen molar-refractivity contribution in [2.45, 2.75) is 19.0 Å². The highest BCUT2D eigenvalue weighted by Crippen LogP contribution is 2.36. The van der Waals surface area contributed by atoms with E-state index < -0.39 is 6.04 Å². The molecule has 0 aliphatic carbocycles. The molecule has 1 atom stereocenters. The molecule has 39 heavy (non-hydrogen) atoms. The van der Waals surface area contributed by atoms with Crippen molar-refractivity contribution in [3.8, 4) is 11.5 Å². The summed E-state index contributed by atoms with van der Waals surface area (Å²) >= 11 is 0. The van der Waals surface area contributed by atoms with Crippen LogP contribution in [0, 0.1) is 0 Å². The van der Waals surface area contributed by atoms with Crippen molar-refractivity contribution in [3.63, 3.8) is 0 Å². The highest BCUT2D eigenvalue weighted by Gasteiger charge is 2.33. The van der Waals surface area contributed by atoms with Crippen molar-refractivity contribution in [2.75, 3.05) is 31.1 Å². The van der Waals surface area contributed by atoms with Crippen LogP contribution in [0.1, 0.15) is 22.7 Å². The highest BCUT2D eigenvalue weighted by molar-refractivity contribution is 5.98. The topological polar surface area (TPSA) is 71.1 Å². The van der Waals surface area contributed by atoms with Gasteiger partial charge in [0.2, 0.25) is 12.7 Å². The van der Waals surface area contributed by atoms with Gasteiger partial charge in [0.25, 0.3) is 5.91 Å². The summed E-state index contributed by atoms with van der Waals surface area (Å²) in [6.45, 7) is 0.382. The molecule has 2 amide bonds. The van der Waals surface area contributed by atoms with Gasteiger partial charge in [-0.05, 0) is 53.1 Å². The third-order valence-corrected chi connectivity index (χ3v) is 6.64. The van der Waals surface area contributed by atoms with Gasteiger partial charge in [0.15, 0.2) is 11.5 Å². The number of rotatable bonds is 9. The second-order valence-electron chi connectivity index (χ2n) is 9.62. The first-order chi connectivity index (χ1) is 19.0.